The summed E-state index contributed by atoms with van der Waals surface area (Å²) in [5.74, 6) is -0.344. The Balaban J connectivity index is 2.19. The first-order valence-electron chi connectivity index (χ1n) is 5.59. The van der Waals surface area contributed by atoms with E-state index in [1.165, 1.54) is 11.3 Å². The zero-order valence-corrected chi connectivity index (χ0v) is 12.1. The smallest absolute Gasteiger partial charge is 0.402 e. The molecule has 2 rings (SSSR count). The van der Waals surface area contributed by atoms with Crippen LogP contribution in [0.2, 0.25) is 5.02 Å². The number of rotatable bonds is 2. The van der Waals surface area contributed by atoms with Crippen molar-refractivity contribution >= 4 is 30.1 Å². The Labute approximate surface area is 111 Å². The van der Waals surface area contributed by atoms with Crippen molar-refractivity contribution in [2.75, 3.05) is 0 Å². The van der Waals surface area contributed by atoms with E-state index in [9.17, 15) is 0 Å². The molecule has 0 aliphatic carbocycles. The number of nitrogens with two attached hydrogens (primary N) is 1. The van der Waals surface area contributed by atoms with Gasteiger partial charge in [-0.3, -0.25) is 0 Å². The first kappa shape index (κ1) is 13.4. The van der Waals surface area contributed by atoms with Gasteiger partial charge in [0.05, 0.1) is 22.2 Å². The highest BCUT2D eigenvalue weighted by Crippen LogP contribution is 2.41. The third-order valence-corrected chi connectivity index (χ3v) is 4.97. The summed E-state index contributed by atoms with van der Waals surface area (Å²) in [6.45, 7) is 8.04. The molecule has 0 amide bonds. The molecule has 1 aromatic rings. The molecule has 1 aliphatic rings. The molecule has 0 radical (unpaired) electrons. The second-order valence-corrected chi connectivity index (χ2v) is 6.64. The maximum absolute atomic E-state index is 6.16. The molecule has 17 heavy (non-hydrogen) atoms. The molecule has 2 N–H and O–H groups in total. The van der Waals surface area contributed by atoms with E-state index in [0.29, 0.717) is 5.02 Å². The zero-order chi connectivity index (χ0) is 12.8. The molecule has 6 heteroatoms. The van der Waals surface area contributed by atoms with Crippen molar-refractivity contribution in [3.8, 4) is 0 Å². The van der Waals surface area contributed by atoms with Gasteiger partial charge in [0.15, 0.2) is 0 Å². The van der Waals surface area contributed by atoms with Gasteiger partial charge in [0.1, 0.15) is 0 Å². The molecule has 0 saturated carbocycles. The van der Waals surface area contributed by atoms with Crippen LogP contribution < -0.4 is 5.73 Å². The van der Waals surface area contributed by atoms with Crippen LogP contribution in [0.5, 0.6) is 0 Å². The normalized spacial score (nSPS) is 24.0. The fourth-order valence-electron chi connectivity index (χ4n) is 1.70. The number of thiophene rings is 1. The van der Waals surface area contributed by atoms with Crippen molar-refractivity contribution in [1.29, 1.82) is 0 Å². The van der Waals surface area contributed by atoms with Crippen molar-refractivity contribution in [3.63, 3.8) is 0 Å². The van der Waals surface area contributed by atoms with Gasteiger partial charge in [0, 0.05) is 4.88 Å². The van der Waals surface area contributed by atoms with Crippen molar-refractivity contribution < 1.29 is 9.31 Å². The quantitative estimate of drug-likeness (QED) is 0.843. The Morgan fingerprint density at radius 3 is 2.24 bits per heavy atom. The van der Waals surface area contributed by atoms with Gasteiger partial charge in [-0.25, -0.2) is 0 Å². The average molecular weight is 274 g/mol. The first-order valence-corrected chi connectivity index (χ1v) is 6.84. The SMILES string of the molecule is CC1(C)OB(C(N)c2sccc2Cl)OC1(C)C. The average Bonchev–Trinajstić information content (AvgIpc) is 2.68. The van der Waals surface area contributed by atoms with E-state index in [2.05, 4.69) is 0 Å². The first-order chi connectivity index (χ1) is 7.74. The van der Waals surface area contributed by atoms with Crippen LogP contribution in [0.1, 0.15) is 38.5 Å². The molecule has 1 aromatic heterocycles. The highest BCUT2D eigenvalue weighted by Gasteiger charge is 2.53. The third-order valence-electron chi connectivity index (χ3n) is 3.51. The van der Waals surface area contributed by atoms with Crippen LogP contribution in [-0.4, -0.2) is 18.3 Å². The minimum Gasteiger partial charge on any atom is -0.402 e. The maximum atomic E-state index is 6.16. The van der Waals surface area contributed by atoms with Crippen LogP contribution in [0.25, 0.3) is 0 Å². The molecule has 0 bridgehead atoms. The minimum atomic E-state index is -0.448. The van der Waals surface area contributed by atoms with E-state index in [-0.39, 0.29) is 17.1 Å². The molecule has 0 spiro atoms. The Morgan fingerprint density at radius 1 is 1.29 bits per heavy atom. The molecule has 3 nitrogen and oxygen atoms in total. The molecule has 94 valence electrons. The molecular weight excluding hydrogens is 256 g/mol. The second-order valence-electron chi connectivity index (χ2n) is 5.28. The topological polar surface area (TPSA) is 44.5 Å². The van der Waals surface area contributed by atoms with Crippen LogP contribution in [0.3, 0.4) is 0 Å². The molecular formula is C11H17BClNO2S. The molecule has 2 heterocycles. The van der Waals surface area contributed by atoms with Gasteiger partial charge in [-0.15, -0.1) is 11.3 Å². The van der Waals surface area contributed by atoms with Gasteiger partial charge < -0.3 is 15.0 Å². The summed E-state index contributed by atoms with van der Waals surface area (Å²) in [6, 6.07) is 1.84. The largest absolute Gasteiger partial charge is 0.481 e. The summed E-state index contributed by atoms with van der Waals surface area (Å²) < 4.78 is 11.8. The highest BCUT2D eigenvalue weighted by atomic mass is 35.5. The predicted molar refractivity (Wildman–Crippen MR) is 72.3 cm³/mol. The second kappa shape index (κ2) is 4.25. The van der Waals surface area contributed by atoms with Crippen molar-refractivity contribution in [1.82, 2.24) is 0 Å². The Kier molecular flexibility index (Phi) is 3.34. The predicted octanol–water partition coefficient (Wildman–Crippen LogP) is 3.03. The number of halogens is 1. The summed E-state index contributed by atoms with van der Waals surface area (Å²) >= 11 is 7.60. The van der Waals surface area contributed by atoms with Crippen LogP contribution >= 0.6 is 22.9 Å². The van der Waals surface area contributed by atoms with Crippen LogP contribution in [0.4, 0.5) is 0 Å². The van der Waals surface area contributed by atoms with Crippen LogP contribution in [-0.2, 0) is 9.31 Å². The zero-order valence-electron chi connectivity index (χ0n) is 10.5. The molecule has 1 saturated heterocycles. The fourth-order valence-corrected chi connectivity index (χ4v) is 2.90. The standard InChI is InChI=1S/C11H17BClNO2S/c1-10(2)11(3,4)16-12(15-10)9(14)8-7(13)5-6-17-8/h5-6,9H,14H2,1-4H3. The van der Waals surface area contributed by atoms with E-state index in [1.54, 1.807) is 0 Å². The maximum Gasteiger partial charge on any atom is 0.481 e. The summed E-state index contributed by atoms with van der Waals surface area (Å²) in [6.07, 6.45) is 0. The van der Waals surface area contributed by atoms with Crippen molar-refractivity contribution in [2.24, 2.45) is 5.73 Å². The summed E-state index contributed by atoms with van der Waals surface area (Å²) in [4.78, 5) is 0.908. The number of hydrogen-bond acceptors (Lipinski definition) is 4. The lowest BCUT2D eigenvalue weighted by atomic mass is 9.78. The van der Waals surface area contributed by atoms with Crippen molar-refractivity contribution in [2.45, 2.75) is 44.8 Å². The fraction of sp³-hybridized carbons (Fsp3) is 0.636. The van der Waals surface area contributed by atoms with Gasteiger partial charge >= 0.3 is 7.12 Å². The van der Waals surface area contributed by atoms with E-state index in [0.717, 1.165) is 4.88 Å². The minimum absolute atomic E-state index is 0.344. The lowest BCUT2D eigenvalue weighted by Gasteiger charge is -2.32. The Hall–Kier alpha value is -0.0651. The van der Waals surface area contributed by atoms with Gasteiger partial charge in [0.2, 0.25) is 0 Å². The molecule has 1 fully saturated rings. The monoisotopic (exact) mass is 273 g/mol. The third kappa shape index (κ3) is 2.27. The summed E-state index contributed by atoms with van der Waals surface area (Å²) in [5.41, 5.74) is 5.44. The highest BCUT2D eigenvalue weighted by molar-refractivity contribution is 7.11. The van der Waals surface area contributed by atoms with Gasteiger partial charge in [-0.1, -0.05) is 11.6 Å². The van der Waals surface area contributed by atoms with Crippen molar-refractivity contribution in [3.05, 3.63) is 21.3 Å². The molecule has 1 unspecified atom stereocenters. The summed E-state index contributed by atoms with van der Waals surface area (Å²) in [7, 11) is -0.448. The van der Waals surface area contributed by atoms with Gasteiger partial charge in [0.25, 0.3) is 0 Å². The molecule has 0 aromatic carbocycles. The van der Waals surface area contributed by atoms with E-state index < -0.39 is 7.12 Å². The van der Waals surface area contributed by atoms with Crippen LogP contribution in [0.15, 0.2) is 11.4 Å². The summed E-state index contributed by atoms with van der Waals surface area (Å²) in [5, 5.41) is 2.60. The Morgan fingerprint density at radius 2 is 1.82 bits per heavy atom. The Bertz CT molecular complexity index is 405. The lowest BCUT2D eigenvalue weighted by Crippen LogP contribution is -2.41. The van der Waals surface area contributed by atoms with Crippen LogP contribution in [0, 0.1) is 0 Å². The van der Waals surface area contributed by atoms with E-state index in [1.807, 2.05) is 39.1 Å². The number of hydrogen-bond donors (Lipinski definition) is 1. The lowest BCUT2D eigenvalue weighted by molar-refractivity contribution is 0.00578. The molecule has 1 aliphatic heterocycles. The van der Waals surface area contributed by atoms with E-state index in [4.69, 9.17) is 26.6 Å². The van der Waals surface area contributed by atoms with Gasteiger partial charge in [-0.05, 0) is 39.1 Å². The van der Waals surface area contributed by atoms with Gasteiger partial charge in [-0.2, -0.15) is 0 Å². The molecule has 1 atom stereocenters. The van der Waals surface area contributed by atoms with E-state index >= 15 is 0 Å².